The number of carbonyl (C=O) groups is 1. The molecular formula is C17H19NO3. The molecule has 110 valence electrons. The summed E-state index contributed by atoms with van der Waals surface area (Å²) in [6.07, 6.45) is 13.2. The first-order valence-electron chi connectivity index (χ1n) is 7.22. The number of ether oxygens (including phenoxy) is 1. The number of allylic oxidation sites excluding steroid dienone is 3. The summed E-state index contributed by atoms with van der Waals surface area (Å²) in [4.78, 5) is 10.5. The molecule has 0 aromatic carbocycles. The van der Waals surface area contributed by atoms with E-state index in [0.29, 0.717) is 18.6 Å². The van der Waals surface area contributed by atoms with Gasteiger partial charge in [0, 0.05) is 25.5 Å². The molecule has 4 heteroatoms. The minimum Gasteiger partial charge on any atom is -0.361 e. The van der Waals surface area contributed by atoms with Crippen LogP contribution in [0.25, 0.3) is 0 Å². The maximum absolute atomic E-state index is 10.5. The molecule has 1 aliphatic rings. The zero-order chi connectivity index (χ0) is 14.8. The maximum atomic E-state index is 10.5. The van der Waals surface area contributed by atoms with Crippen molar-refractivity contribution in [3.8, 4) is 11.8 Å². The summed E-state index contributed by atoms with van der Waals surface area (Å²) in [5.74, 6) is 6.90. The van der Waals surface area contributed by atoms with Gasteiger partial charge in [0.15, 0.2) is 6.29 Å². The number of unbranched alkanes of at least 4 members (excludes halogenated alkanes) is 2. The summed E-state index contributed by atoms with van der Waals surface area (Å²) < 4.78 is 10.8. The first-order valence-corrected chi connectivity index (χ1v) is 7.22. The molecule has 4 nitrogen and oxygen atoms in total. The monoisotopic (exact) mass is 285 g/mol. The van der Waals surface area contributed by atoms with Gasteiger partial charge in [0.05, 0.1) is 0 Å². The number of rotatable bonds is 8. The standard InChI is InChI=1S/C17H19NO3/c19-14-15-13-17(21-18-15)11-7-4-8-12-20-16-9-5-2-1-3-6-10-16/h1-2,5,9,13-14,16H,3-4,7-8,11-12H2/b2-1-,9-5-. The number of hydrogen-bond acceptors (Lipinski definition) is 4. The summed E-state index contributed by atoms with van der Waals surface area (Å²) in [6.45, 7) is 0.698. The Hall–Kier alpha value is -2.12. The van der Waals surface area contributed by atoms with E-state index in [1.807, 2.05) is 24.3 Å². The van der Waals surface area contributed by atoms with Crippen LogP contribution in [0.2, 0.25) is 0 Å². The topological polar surface area (TPSA) is 52.3 Å². The number of aromatic nitrogens is 1. The molecule has 1 aliphatic carbocycles. The highest BCUT2D eigenvalue weighted by molar-refractivity contribution is 5.71. The normalized spacial score (nSPS) is 19.9. The van der Waals surface area contributed by atoms with Crippen LogP contribution in [0.15, 0.2) is 34.9 Å². The maximum Gasteiger partial charge on any atom is 0.171 e. The SMILES string of the molecule is O=Cc1cc(CCCCCOC2C#CC/C=C\C=C/2)on1. The van der Waals surface area contributed by atoms with Crippen molar-refractivity contribution in [2.24, 2.45) is 0 Å². The number of hydrogen-bond donors (Lipinski definition) is 0. The van der Waals surface area contributed by atoms with Crippen LogP contribution >= 0.6 is 0 Å². The van der Waals surface area contributed by atoms with Crippen LogP contribution in [0.4, 0.5) is 0 Å². The van der Waals surface area contributed by atoms with Crippen molar-refractivity contribution < 1.29 is 14.1 Å². The molecule has 0 N–H and O–H groups in total. The van der Waals surface area contributed by atoms with Crippen LogP contribution in [-0.2, 0) is 11.2 Å². The first-order chi connectivity index (χ1) is 10.4. The largest absolute Gasteiger partial charge is 0.361 e. The van der Waals surface area contributed by atoms with E-state index < -0.39 is 0 Å². The minimum absolute atomic E-state index is 0.0978. The van der Waals surface area contributed by atoms with Crippen molar-refractivity contribution in [3.63, 3.8) is 0 Å². The van der Waals surface area contributed by atoms with Gasteiger partial charge in [-0.05, 0) is 18.9 Å². The molecule has 21 heavy (non-hydrogen) atoms. The molecule has 1 aromatic rings. The lowest BCUT2D eigenvalue weighted by Gasteiger charge is -2.08. The molecule has 2 rings (SSSR count). The average molecular weight is 285 g/mol. The second-order valence-electron chi connectivity index (χ2n) is 4.78. The summed E-state index contributed by atoms with van der Waals surface area (Å²) >= 11 is 0. The Morgan fingerprint density at radius 2 is 2.33 bits per heavy atom. The van der Waals surface area contributed by atoms with Crippen molar-refractivity contribution in [1.29, 1.82) is 0 Å². The number of aryl methyl sites for hydroxylation is 1. The van der Waals surface area contributed by atoms with Crippen molar-refractivity contribution >= 4 is 6.29 Å². The highest BCUT2D eigenvalue weighted by Crippen LogP contribution is 2.08. The van der Waals surface area contributed by atoms with Gasteiger partial charge >= 0.3 is 0 Å². The fourth-order valence-electron chi connectivity index (χ4n) is 1.97. The number of carbonyl (C=O) groups excluding carboxylic acids is 1. The number of nitrogens with zero attached hydrogens (tertiary/aromatic N) is 1. The molecular weight excluding hydrogens is 266 g/mol. The van der Waals surface area contributed by atoms with E-state index in [4.69, 9.17) is 9.26 Å². The second-order valence-corrected chi connectivity index (χ2v) is 4.78. The predicted octanol–water partition coefficient (Wildman–Crippen LogP) is 3.10. The Morgan fingerprint density at radius 1 is 1.38 bits per heavy atom. The Kier molecular flexibility index (Phi) is 6.50. The van der Waals surface area contributed by atoms with Crippen LogP contribution < -0.4 is 0 Å². The number of aldehydes is 1. The molecule has 0 saturated carbocycles. The predicted molar refractivity (Wildman–Crippen MR) is 79.9 cm³/mol. The smallest absolute Gasteiger partial charge is 0.171 e. The lowest BCUT2D eigenvalue weighted by atomic mass is 10.1. The first kappa shape index (κ1) is 15.3. The zero-order valence-electron chi connectivity index (χ0n) is 12.0. The molecule has 0 aliphatic heterocycles. The van der Waals surface area contributed by atoms with Gasteiger partial charge in [-0.25, -0.2) is 0 Å². The third kappa shape index (κ3) is 5.80. The highest BCUT2D eigenvalue weighted by atomic mass is 16.5. The zero-order valence-corrected chi connectivity index (χ0v) is 12.0. The summed E-state index contributed by atoms with van der Waals surface area (Å²) in [7, 11) is 0. The van der Waals surface area contributed by atoms with Gasteiger partial charge in [-0.1, -0.05) is 41.6 Å². The quantitative estimate of drug-likeness (QED) is 0.418. The fraction of sp³-hybridized carbons (Fsp3) is 0.412. The molecule has 1 unspecified atom stereocenters. The van der Waals surface area contributed by atoms with Crippen molar-refractivity contribution in [3.05, 3.63) is 41.8 Å². The van der Waals surface area contributed by atoms with Gasteiger partial charge in [-0.15, -0.1) is 0 Å². The summed E-state index contributed by atoms with van der Waals surface area (Å²) in [5, 5.41) is 3.63. The Labute approximate surface area is 124 Å². The van der Waals surface area contributed by atoms with E-state index in [1.54, 1.807) is 6.07 Å². The molecule has 0 saturated heterocycles. The van der Waals surface area contributed by atoms with E-state index in [0.717, 1.165) is 37.9 Å². The fourth-order valence-corrected chi connectivity index (χ4v) is 1.97. The lowest BCUT2D eigenvalue weighted by Crippen LogP contribution is -2.08. The molecule has 0 bridgehead atoms. The molecule has 1 aromatic heterocycles. The minimum atomic E-state index is -0.0978. The van der Waals surface area contributed by atoms with Gasteiger partial charge in [0.25, 0.3) is 0 Å². The third-order valence-electron chi connectivity index (χ3n) is 3.06. The van der Waals surface area contributed by atoms with Gasteiger partial charge in [-0.2, -0.15) is 0 Å². The Morgan fingerprint density at radius 3 is 3.19 bits per heavy atom. The van der Waals surface area contributed by atoms with E-state index in [9.17, 15) is 4.79 Å². The van der Waals surface area contributed by atoms with Crippen LogP contribution in [0.5, 0.6) is 0 Å². The van der Waals surface area contributed by atoms with Crippen LogP contribution in [0, 0.1) is 11.8 Å². The van der Waals surface area contributed by atoms with Crippen LogP contribution in [-0.4, -0.2) is 24.2 Å². The summed E-state index contributed by atoms with van der Waals surface area (Å²) in [5.41, 5.74) is 0.358. The Bertz CT molecular complexity index is 560. The Balaban J connectivity index is 1.57. The van der Waals surface area contributed by atoms with E-state index in [1.165, 1.54) is 0 Å². The lowest BCUT2D eigenvalue weighted by molar-refractivity contribution is 0.111. The molecule has 1 heterocycles. The van der Waals surface area contributed by atoms with Gasteiger partial charge < -0.3 is 9.26 Å². The highest BCUT2D eigenvalue weighted by Gasteiger charge is 2.03. The van der Waals surface area contributed by atoms with Crippen LogP contribution in [0.1, 0.15) is 41.9 Å². The summed E-state index contributed by atoms with van der Waals surface area (Å²) in [6, 6.07) is 1.69. The molecule has 1 atom stereocenters. The van der Waals surface area contributed by atoms with Gasteiger partial charge in [-0.3, -0.25) is 4.79 Å². The van der Waals surface area contributed by atoms with Gasteiger partial charge in [0.2, 0.25) is 0 Å². The molecule has 0 radical (unpaired) electrons. The average Bonchev–Trinajstić information content (AvgIpc) is 2.92. The molecule has 0 spiro atoms. The van der Waals surface area contributed by atoms with E-state index in [2.05, 4.69) is 17.0 Å². The van der Waals surface area contributed by atoms with Crippen molar-refractivity contribution in [2.45, 2.75) is 38.2 Å². The van der Waals surface area contributed by atoms with E-state index >= 15 is 0 Å². The van der Waals surface area contributed by atoms with Crippen LogP contribution in [0.3, 0.4) is 0 Å². The van der Waals surface area contributed by atoms with Crippen molar-refractivity contribution in [2.75, 3.05) is 6.61 Å². The van der Waals surface area contributed by atoms with Crippen molar-refractivity contribution in [1.82, 2.24) is 5.16 Å². The third-order valence-corrected chi connectivity index (χ3v) is 3.06. The van der Waals surface area contributed by atoms with Gasteiger partial charge in [0.1, 0.15) is 17.6 Å². The molecule has 0 amide bonds. The second kappa shape index (κ2) is 8.93. The van der Waals surface area contributed by atoms with E-state index in [-0.39, 0.29) is 6.10 Å². The molecule has 0 fully saturated rings.